The molecule has 0 saturated carbocycles. The molecule has 118 valence electrons. The maximum Gasteiger partial charge on any atom is 0.306 e. The van der Waals surface area contributed by atoms with Gasteiger partial charge < -0.3 is 10.5 Å². The molecule has 0 aliphatic heterocycles. The van der Waals surface area contributed by atoms with Crippen molar-refractivity contribution in [1.29, 1.82) is 0 Å². The number of nitrogens with two attached hydrogens (primary N) is 1. The number of rotatable bonds is 6. The monoisotopic (exact) mass is 291 g/mol. The summed E-state index contributed by atoms with van der Waals surface area (Å²) in [6.07, 6.45) is 1.23. The van der Waals surface area contributed by atoms with Crippen LogP contribution in [0.15, 0.2) is 6.07 Å². The molecule has 2 atom stereocenters. The van der Waals surface area contributed by atoms with Gasteiger partial charge in [-0.25, -0.2) is 0 Å². The number of esters is 1. The first-order valence-electron chi connectivity index (χ1n) is 7.76. The predicted molar refractivity (Wildman–Crippen MR) is 87.3 cm³/mol. The second-order valence-corrected chi connectivity index (χ2v) is 6.13. The molecule has 0 amide bonds. The quantitative estimate of drug-likeness (QED) is 0.809. The first-order valence-corrected chi connectivity index (χ1v) is 7.76. The van der Waals surface area contributed by atoms with Crippen molar-refractivity contribution in [1.82, 2.24) is 0 Å². The van der Waals surface area contributed by atoms with Gasteiger partial charge in [0.25, 0.3) is 0 Å². The standard InChI is InChI=1S/C18H29NO2/c1-7-21-17(20)9-11(2)8-16(19)18-14(5)12(3)10-13(4)15(18)6/h10-11,16H,7-9,19H2,1-6H3. The van der Waals surface area contributed by atoms with Crippen LogP contribution in [0.5, 0.6) is 0 Å². The van der Waals surface area contributed by atoms with Gasteiger partial charge in [-0.3, -0.25) is 4.79 Å². The van der Waals surface area contributed by atoms with E-state index < -0.39 is 0 Å². The SMILES string of the molecule is CCOC(=O)CC(C)CC(N)c1c(C)c(C)cc(C)c1C. The second-order valence-electron chi connectivity index (χ2n) is 6.13. The van der Waals surface area contributed by atoms with E-state index in [1.165, 1.54) is 27.8 Å². The van der Waals surface area contributed by atoms with E-state index in [0.29, 0.717) is 13.0 Å². The highest BCUT2D eigenvalue weighted by Crippen LogP contribution is 2.30. The molecule has 2 N–H and O–H groups in total. The summed E-state index contributed by atoms with van der Waals surface area (Å²) in [5, 5.41) is 0. The fraction of sp³-hybridized carbons (Fsp3) is 0.611. The molecule has 0 aromatic heterocycles. The van der Waals surface area contributed by atoms with Crippen LogP contribution in [0.1, 0.15) is 60.5 Å². The van der Waals surface area contributed by atoms with Crippen molar-refractivity contribution in [3.63, 3.8) is 0 Å². The molecule has 0 fully saturated rings. The van der Waals surface area contributed by atoms with Crippen molar-refractivity contribution in [2.45, 2.75) is 60.4 Å². The van der Waals surface area contributed by atoms with Crippen LogP contribution >= 0.6 is 0 Å². The van der Waals surface area contributed by atoms with Crippen LogP contribution in [-0.2, 0) is 9.53 Å². The van der Waals surface area contributed by atoms with Crippen LogP contribution in [0, 0.1) is 33.6 Å². The summed E-state index contributed by atoms with van der Waals surface area (Å²) in [7, 11) is 0. The van der Waals surface area contributed by atoms with Crippen molar-refractivity contribution in [3.8, 4) is 0 Å². The van der Waals surface area contributed by atoms with Gasteiger partial charge in [-0.15, -0.1) is 0 Å². The van der Waals surface area contributed by atoms with Gasteiger partial charge in [-0.2, -0.15) is 0 Å². The van der Waals surface area contributed by atoms with E-state index in [1.54, 1.807) is 0 Å². The molecule has 0 bridgehead atoms. The third-order valence-electron chi connectivity index (χ3n) is 4.27. The van der Waals surface area contributed by atoms with Crippen LogP contribution in [0.2, 0.25) is 0 Å². The van der Waals surface area contributed by atoms with E-state index >= 15 is 0 Å². The topological polar surface area (TPSA) is 52.3 Å². The summed E-state index contributed by atoms with van der Waals surface area (Å²) in [5.74, 6) is 0.0877. The lowest BCUT2D eigenvalue weighted by molar-refractivity contribution is -0.144. The van der Waals surface area contributed by atoms with Gasteiger partial charge in [-0.05, 0) is 74.8 Å². The molecule has 0 aliphatic carbocycles. The van der Waals surface area contributed by atoms with Crippen molar-refractivity contribution >= 4 is 5.97 Å². The fourth-order valence-electron chi connectivity index (χ4n) is 2.94. The largest absolute Gasteiger partial charge is 0.466 e. The van der Waals surface area contributed by atoms with E-state index in [4.69, 9.17) is 10.5 Å². The Morgan fingerprint density at radius 1 is 1.19 bits per heavy atom. The van der Waals surface area contributed by atoms with Crippen molar-refractivity contribution in [3.05, 3.63) is 33.9 Å². The third kappa shape index (κ3) is 4.57. The van der Waals surface area contributed by atoms with Gasteiger partial charge >= 0.3 is 5.97 Å². The lowest BCUT2D eigenvalue weighted by Crippen LogP contribution is -2.19. The number of ether oxygens (including phenoxy) is 1. The van der Waals surface area contributed by atoms with Crippen LogP contribution < -0.4 is 5.73 Å². The molecule has 0 saturated heterocycles. The van der Waals surface area contributed by atoms with E-state index in [1.807, 2.05) is 6.92 Å². The van der Waals surface area contributed by atoms with Gasteiger partial charge in [0.1, 0.15) is 0 Å². The number of aryl methyl sites for hydroxylation is 2. The van der Waals surface area contributed by atoms with Crippen LogP contribution in [-0.4, -0.2) is 12.6 Å². The highest BCUT2D eigenvalue weighted by Gasteiger charge is 2.19. The first kappa shape index (κ1) is 17.7. The highest BCUT2D eigenvalue weighted by molar-refractivity contribution is 5.69. The molecule has 1 rings (SSSR count). The zero-order chi connectivity index (χ0) is 16.2. The summed E-state index contributed by atoms with van der Waals surface area (Å²) in [6, 6.07) is 2.18. The average Bonchev–Trinajstić information content (AvgIpc) is 2.36. The van der Waals surface area contributed by atoms with Gasteiger partial charge in [0, 0.05) is 12.5 Å². The minimum absolute atomic E-state index is 0.0342. The molecule has 0 radical (unpaired) electrons. The fourth-order valence-corrected chi connectivity index (χ4v) is 2.94. The Labute approximate surface area is 128 Å². The molecule has 3 heteroatoms. The van der Waals surface area contributed by atoms with Crippen LogP contribution in [0.3, 0.4) is 0 Å². The summed E-state index contributed by atoms with van der Waals surface area (Å²) < 4.78 is 5.01. The average molecular weight is 291 g/mol. The van der Waals surface area contributed by atoms with Gasteiger partial charge in [0.15, 0.2) is 0 Å². The summed E-state index contributed by atoms with van der Waals surface area (Å²) >= 11 is 0. The highest BCUT2D eigenvalue weighted by atomic mass is 16.5. The van der Waals surface area contributed by atoms with Crippen LogP contribution in [0.25, 0.3) is 0 Å². The Kier molecular flexibility index (Phi) is 6.41. The Morgan fingerprint density at radius 3 is 2.19 bits per heavy atom. The van der Waals surface area contributed by atoms with Crippen molar-refractivity contribution in [2.75, 3.05) is 6.61 Å². The number of hydrogen-bond acceptors (Lipinski definition) is 3. The lowest BCUT2D eigenvalue weighted by Gasteiger charge is -2.23. The molecule has 0 heterocycles. The minimum Gasteiger partial charge on any atom is -0.466 e. The Bertz CT molecular complexity index is 482. The molecule has 0 aliphatic rings. The third-order valence-corrected chi connectivity index (χ3v) is 4.27. The zero-order valence-electron chi connectivity index (χ0n) is 14.2. The molecule has 1 aromatic carbocycles. The molecular weight excluding hydrogens is 262 g/mol. The van der Waals surface area contributed by atoms with E-state index in [0.717, 1.165) is 6.42 Å². The Balaban J connectivity index is 2.85. The van der Waals surface area contributed by atoms with Gasteiger partial charge in [0.05, 0.1) is 6.61 Å². The predicted octanol–water partition coefficient (Wildman–Crippen LogP) is 3.90. The molecule has 1 aromatic rings. The van der Waals surface area contributed by atoms with Gasteiger partial charge in [-0.1, -0.05) is 13.0 Å². The van der Waals surface area contributed by atoms with E-state index in [-0.39, 0.29) is 17.9 Å². The number of carbonyl (C=O) groups is 1. The molecule has 2 unspecified atom stereocenters. The maximum absolute atomic E-state index is 11.6. The molecular formula is C18H29NO2. The van der Waals surface area contributed by atoms with Crippen molar-refractivity contribution in [2.24, 2.45) is 11.7 Å². The Hall–Kier alpha value is -1.35. The molecule has 0 spiro atoms. The smallest absolute Gasteiger partial charge is 0.306 e. The van der Waals surface area contributed by atoms with E-state index in [9.17, 15) is 4.79 Å². The molecule has 3 nitrogen and oxygen atoms in total. The summed E-state index contributed by atoms with van der Waals surface area (Å²) in [5.41, 5.74) is 12.8. The summed E-state index contributed by atoms with van der Waals surface area (Å²) in [6.45, 7) is 12.8. The summed E-state index contributed by atoms with van der Waals surface area (Å²) in [4.78, 5) is 11.6. The van der Waals surface area contributed by atoms with Crippen LogP contribution in [0.4, 0.5) is 0 Å². The zero-order valence-corrected chi connectivity index (χ0v) is 14.2. The number of hydrogen-bond donors (Lipinski definition) is 1. The van der Waals surface area contributed by atoms with Gasteiger partial charge in [0.2, 0.25) is 0 Å². The Morgan fingerprint density at radius 2 is 1.71 bits per heavy atom. The van der Waals surface area contributed by atoms with E-state index in [2.05, 4.69) is 40.7 Å². The maximum atomic E-state index is 11.6. The first-order chi connectivity index (χ1) is 9.77. The lowest BCUT2D eigenvalue weighted by atomic mass is 9.86. The second kappa shape index (κ2) is 7.60. The molecule has 21 heavy (non-hydrogen) atoms. The van der Waals surface area contributed by atoms with Crippen molar-refractivity contribution < 1.29 is 9.53 Å². The minimum atomic E-state index is -0.133. The number of carbonyl (C=O) groups excluding carboxylic acids is 1. The number of benzene rings is 1. The normalized spacial score (nSPS) is 13.9.